The monoisotopic (exact) mass is 255 g/mol. The van der Waals surface area contributed by atoms with Gasteiger partial charge in [-0.3, -0.25) is 0 Å². The van der Waals surface area contributed by atoms with Crippen molar-refractivity contribution in [2.75, 3.05) is 6.79 Å². The highest BCUT2D eigenvalue weighted by Gasteiger charge is 2.24. The van der Waals surface area contributed by atoms with Gasteiger partial charge in [0.1, 0.15) is 0 Å². The molecule has 1 heterocycles. The van der Waals surface area contributed by atoms with E-state index in [0.717, 1.165) is 11.5 Å². The molecule has 3 rings (SSSR count). The summed E-state index contributed by atoms with van der Waals surface area (Å²) in [4.78, 5) is 0. The predicted molar refractivity (Wildman–Crippen MR) is 68.7 cm³/mol. The first-order valence-electron chi connectivity index (χ1n) is 6.00. The Hall–Kier alpha value is -0.930. The van der Waals surface area contributed by atoms with Gasteiger partial charge in [0.15, 0.2) is 11.5 Å². The molecule has 3 nitrogen and oxygen atoms in total. The average molecular weight is 256 g/mol. The zero-order valence-electron chi connectivity index (χ0n) is 9.72. The van der Waals surface area contributed by atoms with Crippen molar-refractivity contribution in [1.29, 1.82) is 0 Å². The van der Waals surface area contributed by atoms with Gasteiger partial charge in [0.2, 0.25) is 6.79 Å². The standard InChI is InChI=1S/C13H17NO2.ClH/c14-13(9-3-1-2-4-9)10-5-6-11-12(7-10)16-8-15-11;/h5-7,9,13H,1-4,8,14H2;1H/t13-;/m1./s1. The molecule has 94 valence electrons. The summed E-state index contributed by atoms with van der Waals surface area (Å²) in [6.07, 6.45) is 5.16. The fourth-order valence-electron chi connectivity index (χ4n) is 2.71. The third-order valence-electron chi connectivity index (χ3n) is 3.69. The van der Waals surface area contributed by atoms with E-state index in [1.165, 1.54) is 31.2 Å². The van der Waals surface area contributed by atoms with E-state index in [1.54, 1.807) is 0 Å². The molecule has 1 fully saturated rings. The molecule has 0 saturated heterocycles. The zero-order chi connectivity index (χ0) is 11.0. The quantitative estimate of drug-likeness (QED) is 0.884. The second kappa shape index (κ2) is 5.15. The van der Waals surface area contributed by atoms with Gasteiger partial charge in [-0.1, -0.05) is 18.9 Å². The summed E-state index contributed by atoms with van der Waals surface area (Å²) in [5.41, 5.74) is 7.47. The van der Waals surface area contributed by atoms with E-state index in [4.69, 9.17) is 15.2 Å². The van der Waals surface area contributed by atoms with Crippen molar-refractivity contribution in [2.45, 2.75) is 31.7 Å². The van der Waals surface area contributed by atoms with E-state index in [9.17, 15) is 0 Å². The molecule has 0 radical (unpaired) electrons. The van der Waals surface area contributed by atoms with E-state index < -0.39 is 0 Å². The van der Waals surface area contributed by atoms with E-state index >= 15 is 0 Å². The number of ether oxygens (including phenoxy) is 2. The molecule has 4 heteroatoms. The van der Waals surface area contributed by atoms with Crippen molar-refractivity contribution < 1.29 is 9.47 Å². The minimum absolute atomic E-state index is 0. The Morgan fingerprint density at radius 1 is 1.12 bits per heavy atom. The fourth-order valence-corrected chi connectivity index (χ4v) is 2.71. The zero-order valence-corrected chi connectivity index (χ0v) is 10.5. The van der Waals surface area contributed by atoms with Crippen LogP contribution in [0.4, 0.5) is 0 Å². The minimum atomic E-state index is 0. The fraction of sp³-hybridized carbons (Fsp3) is 0.538. The highest BCUT2D eigenvalue weighted by Crippen LogP contribution is 2.38. The van der Waals surface area contributed by atoms with Crippen molar-refractivity contribution in [3.63, 3.8) is 0 Å². The Morgan fingerprint density at radius 3 is 2.59 bits per heavy atom. The number of hydrogen-bond acceptors (Lipinski definition) is 3. The maximum absolute atomic E-state index is 6.30. The molecule has 17 heavy (non-hydrogen) atoms. The van der Waals surface area contributed by atoms with Crippen LogP contribution in [0, 0.1) is 5.92 Å². The second-order valence-corrected chi connectivity index (χ2v) is 4.68. The molecule has 1 aliphatic heterocycles. The lowest BCUT2D eigenvalue weighted by atomic mass is 9.92. The summed E-state index contributed by atoms with van der Waals surface area (Å²) < 4.78 is 10.7. The lowest BCUT2D eigenvalue weighted by molar-refractivity contribution is 0.174. The van der Waals surface area contributed by atoms with Crippen LogP contribution in [0.1, 0.15) is 37.3 Å². The molecule has 1 aliphatic carbocycles. The summed E-state index contributed by atoms with van der Waals surface area (Å²) in [5, 5.41) is 0. The molecule has 0 aromatic heterocycles. The average Bonchev–Trinajstić information content (AvgIpc) is 2.98. The van der Waals surface area contributed by atoms with Gasteiger partial charge in [0.25, 0.3) is 0 Å². The molecule has 1 aromatic carbocycles. The highest BCUT2D eigenvalue weighted by molar-refractivity contribution is 5.85. The SMILES string of the molecule is Cl.N[C@@H](c1ccc2c(c1)OCO2)C1CCCC1. The van der Waals surface area contributed by atoms with Crippen LogP contribution in [0.25, 0.3) is 0 Å². The van der Waals surface area contributed by atoms with Crippen molar-refractivity contribution in [3.8, 4) is 11.5 Å². The first-order valence-corrected chi connectivity index (χ1v) is 6.00. The molecule has 2 N–H and O–H groups in total. The second-order valence-electron chi connectivity index (χ2n) is 4.68. The molecule has 0 amide bonds. The Morgan fingerprint density at radius 2 is 1.82 bits per heavy atom. The van der Waals surface area contributed by atoms with Crippen LogP contribution in [0.5, 0.6) is 11.5 Å². The van der Waals surface area contributed by atoms with Crippen LogP contribution in [0.2, 0.25) is 0 Å². The third kappa shape index (κ3) is 2.35. The van der Waals surface area contributed by atoms with Gasteiger partial charge >= 0.3 is 0 Å². The van der Waals surface area contributed by atoms with Gasteiger partial charge in [-0.05, 0) is 36.5 Å². The molecule has 0 bridgehead atoms. The molecular formula is C13H18ClNO2. The van der Waals surface area contributed by atoms with Gasteiger partial charge in [0.05, 0.1) is 0 Å². The number of halogens is 1. The number of fused-ring (bicyclic) bond motifs is 1. The van der Waals surface area contributed by atoms with Gasteiger partial charge < -0.3 is 15.2 Å². The summed E-state index contributed by atoms with van der Waals surface area (Å²) in [7, 11) is 0. The van der Waals surface area contributed by atoms with Gasteiger partial charge in [-0.25, -0.2) is 0 Å². The molecular weight excluding hydrogens is 238 g/mol. The van der Waals surface area contributed by atoms with E-state index in [-0.39, 0.29) is 18.4 Å². The highest BCUT2D eigenvalue weighted by atomic mass is 35.5. The molecule has 0 unspecified atom stereocenters. The minimum Gasteiger partial charge on any atom is -0.454 e. The molecule has 1 saturated carbocycles. The van der Waals surface area contributed by atoms with Crippen LogP contribution in [-0.4, -0.2) is 6.79 Å². The largest absolute Gasteiger partial charge is 0.454 e. The molecule has 0 spiro atoms. The van der Waals surface area contributed by atoms with Gasteiger partial charge in [0, 0.05) is 6.04 Å². The van der Waals surface area contributed by atoms with Crippen LogP contribution in [-0.2, 0) is 0 Å². The molecule has 1 aromatic rings. The number of rotatable bonds is 2. The predicted octanol–water partition coefficient (Wildman–Crippen LogP) is 3.03. The summed E-state index contributed by atoms with van der Waals surface area (Å²) in [5.74, 6) is 2.31. The Kier molecular flexibility index (Phi) is 3.79. The lowest BCUT2D eigenvalue weighted by Gasteiger charge is -2.19. The van der Waals surface area contributed by atoms with Crippen molar-refractivity contribution in [3.05, 3.63) is 23.8 Å². The van der Waals surface area contributed by atoms with Crippen LogP contribution in [0.15, 0.2) is 18.2 Å². The Labute approximate surface area is 108 Å². The van der Waals surface area contributed by atoms with E-state index in [2.05, 4.69) is 6.07 Å². The topological polar surface area (TPSA) is 44.5 Å². The van der Waals surface area contributed by atoms with Gasteiger partial charge in [-0.15, -0.1) is 12.4 Å². The number of nitrogens with two attached hydrogens (primary N) is 1. The van der Waals surface area contributed by atoms with Crippen molar-refractivity contribution >= 4 is 12.4 Å². The Balaban J connectivity index is 0.00000108. The van der Waals surface area contributed by atoms with Crippen LogP contribution < -0.4 is 15.2 Å². The summed E-state index contributed by atoms with van der Waals surface area (Å²) >= 11 is 0. The Bertz CT molecular complexity index is 391. The first-order chi connectivity index (χ1) is 7.84. The van der Waals surface area contributed by atoms with Crippen LogP contribution >= 0.6 is 12.4 Å². The maximum atomic E-state index is 6.30. The smallest absolute Gasteiger partial charge is 0.231 e. The van der Waals surface area contributed by atoms with E-state index in [1.807, 2.05) is 12.1 Å². The van der Waals surface area contributed by atoms with Gasteiger partial charge in [-0.2, -0.15) is 0 Å². The summed E-state index contributed by atoms with van der Waals surface area (Å²) in [6.45, 7) is 0.331. The van der Waals surface area contributed by atoms with Crippen molar-refractivity contribution in [1.82, 2.24) is 0 Å². The number of benzene rings is 1. The first kappa shape index (κ1) is 12.5. The maximum Gasteiger partial charge on any atom is 0.231 e. The molecule has 2 aliphatic rings. The normalized spacial score (nSPS) is 20.1. The van der Waals surface area contributed by atoms with E-state index in [0.29, 0.717) is 12.7 Å². The third-order valence-corrected chi connectivity index (χ3v) is 3.69. The number of hydrogen-bond donors (Lipinski definition) is 1. The molecule has 1 atom stereocenters. The summed E-state index contributed by atoms with van der Waals surface area (Å²) in [6, 6.07) is 6.21. The van der Waals surface area contributed by atoms with Crippen molar-refractivity contribution in [2.24, 2.45) is 11.7 Å². The van der Waals surface area contributed by atoms with Crippen LogP contribution in [0.3, 0.4) is 0 Å². The lowest BCUT2D eigenvalue weighted by Crippen LogP contribution is -2.18.